The molecule has 140 valence electrons. The summed E-state index contributed by atoms with van der Waals surface area (Å²) in [4.78, 5) is 16.9. The Hall–Kier alpha value is -3.04. The van der Waals surface area contributed by atoms with Gasteiger partial charge in [-0.05, 0) is 43.0 Å². The molecule has 0 spiro atoms. The zero-order chi connectivity index (χ0) is 19.3. The van der Waals surface area contributed by atoms with E-state index < -0.39 is 0 Å². The van der Waals surface area contributed by atoms with Gasteiger partial charge in [0.2, 0.25) is 11.0 Å². The largest absolute Gasteiger partial charge is 0.478 e. The summed E-state index contributed by atoms with van der Waals surface area (Å²) in [5.74, 6) is 1.07. The highest BCUT2D eigenvalue weighted by Gasteiger charge is 2.18. The molecule has 0 aliphatic carbocycles. The SMILES string of the molecule is CCOc1cc(Sc2nnc(-c3cnccn3)n2-c2ccc(Cl)cc2)ncn1. The van der Waals surface area contributed by atoms with Crippen LogP contribution in [0.5, 0.6) is 5.88 Å². The lowest BCUT2D eigenvalue weighted by atomic mass is 10.3. The lowest BCUT2D eigenvalue weighted by Crippen LogP contribution is -2.01. The van der Waals surface area contributed by atoms with E-state index in [2.05, 4.69) is 30.1 Å². The molecule has 0 fully saturated rings. The Morgan fingerprint density at radius 3 is 2.68 bits per heavy atom. The summed E-state index contributed by atoms with van der Waals surface area (Å²) in [5.41, 5.74) is 1.45. The van der Waals surface area contributed by atoms with Crippen molar-refractivity contribution in [3.63, 3.8) is 0 Å². The Bertz CT molecular complexity index is 1070. The van der Waals surface area contributed by atoms with E-state index in [0.29, 0.717) is 39.2 Å². The van der Waals surface area contributed by atoms with Gasteiger partial charge in [0.05, 0.1) is 12.8 Å². The molecule has 0 aliphatic heterocycles. The molecule has 0 amide bonds. The van der Waals surface area contributed by atoms with E-state index in [4.69, 9.17) is 16.3 Å². The molecular formula is C18H14ClN7OS. The van der Waals surface area contributed by atoms with Crippen LogP contribution >= 0.6 is 23.4 Å². The summed E-state index contributed by atoms with van der Waals surface area (Å²) >= 11 is 7.39. The van der Waals surface area contributed by atoms with Gasteiger partial charge in [0.15, 0.2) is 5.82 Å². The summed E-state index contributed by atoms with van der Waals surface area (Å²) in [5, 5.41) is 10.6. The van der Waals surface area contributed by atoms with Crippen molar-refractivity contribution >= 4 is 23.4 Å². The average molecular weight is 412 g/mol. The van der Waals surface area contributed by atoms with Crippen molar-refractivity contribution in [1.29, 1.82) is 0 Å². The number of rotatable bonds is 6. The fourth-order valence-corrected chi connectivity index (χ4v) is 3.38. The highest BCUT2D eigenvalue weighted by atomic mass is 35.5. The summed E-state index contributed by atoms with van der Waals surface area (Å²) in [6.07, 6.45) is 6.32. The predicted molar refractivity (Wildman–Crippen MR) is 105 cm³/mol. The van der Waals surface area contributed by atoms with Crippen LogP contribution in [-0.4, -0.2) is 41.3 Å². The lowest BCUT2D eigenvalue weighted by Gasteiger charge is -2.10. The van der Waals surface area contributed by atoms with E-state index >= 15 is 0 Å². The standard InChI is InChI=1S/C18H14ClN7OS/c1-2-27-15-9-16(23-11-22-15)28-18-25-24-17(14-10-20-7-8-21-14)26(18)13-5-3-12(19)4-6-13/h3-11H,2H2,1H3. The number of ether oxygens (including phenoxy) is 1. The summed E-state index contributed by atoms with van der Waals surface area (Å²) in [7, 11) is 0. The molecule has 0 saturated heterocycles. The molecule has 0 aliphatic rings. The molecule has 28 heavy (non-hydrogen) atoms. The first-order valence-corrected chi connectivity index (χ1v) is 9.54. The molecule has 4 aromatic rings. The van der Waals surface area contributed by atoms with Gasteiger partial charge in [-0.2, -0.15) is 0 Å². The number of nitrogens with zero attached hydrogens (tertiary/aromatic N) is 7. The van der Waals surface area contributed by atoms with Crippen LogP contribution in [0.4, 0.5) is 0 Å². The molecule has 0 atom stereocenters. The highest BCUT2D eigenvalue weighted by molar-refractivity contribution is 7.99. The first kappa shape index (κ1) is 18.3. The Balaban J connectivity index is 1.78. The molecule has 0 bridgehead atoms. The van der Waals surface area contributed by atoms with E-state index in [1.165, 1.54) is 18.1 Å². The second kappa shape index (κ2) is 8.32. The third-order valence-corrected chi connectivity index (χ3v) is 4.75. The van der Waals surface area contributed by atoms with E-state index in [-0.39, 0.29) is 0 Å². The van der Waals surface area contributed by atoms with Crippen LogP contribution < -0.4 is 4.74 Å². The number of halogens is 1. The van der Waals surface area contributed by atoms with E-state index in [1.54, 1.807) is 24.7 Å². The second-order valence-corrected chi connectivity index (χ2v) is 6.86. The molecule has 0 radical (unpaired) electrons. The summed E-state index contributed by atoms with van der Waals surface area (Å²) in [6.45, 7) is 2.43. The second-order valence-electron chi connectivity index (χ2n) is 5.44. The van der Waals surface area contributed by atoms with Crippen molar-refractivity contribution in [3.8, 4) is 23.1 Å². The minimum atomic E-state index is 0.506. The van der Waals surface area contributed by atoms with Crippen LogP contribution in [0, 0.1) is 0 Å². The molecule has 3 heterocycles. The van der Waals surface area contributed by atoms with Gasteiger partial charge < -0.3 is 4.74 Å². The zero-order valence-corrected chi connectivity index (χ0v) is 16.3. The van der Waals surface area contributed by atoms with Gasteiger partial charge in [0.1, 0.15) is 17.0 Å². The van der Waals surface area contributed by atoms with Gasteiger partial charge in [-0.15, -0.1) is 10.2 Å². The van der Waals surface area contributed by atoms with Crippen LogP contribution in [0.25, 0.3) is 17.2 Å². The number of aromatic nitrogens is 7. The maximum atomic E-state index is 6.05. The minimum Gasteiger partial charge on any atom is -0.478 e. The fourth-order valence-electron chi connectivity index (χ4n) is 2.44. The van der Waals surface area contributed by atoms with Gasteiger partial charge in [-0.3, -0.25) is 9.55 Å². The van der Waals surface area contributed by atoms with Gasteiger partial charge >= 0.3 is 0 Å². The third kappa shape index (κ3) is 3.95. The van der Waals surface area contributed by atoms with E-state index in [9.17, 15) is 0 Å². The summed E-state index contributed by atoms with van der Waals surface area (Å²) in [6, 6.07) is 9.16. The first-order valence-electron chi connectivity index (χ1n) is 8.35. The van der Waals surface area contributed by atoms with Crippen LogP contribution in [0.1, 0.15) is 6.92 Å². The lowest BCUT2D eigenvalue weighted by molar-refractivity contribution is 0.325. The molecule has 10 heteroatoms. The molecule has 0 unspecified atom stereocenters. The van der Waals surface area contributed by atoms with Gasteiger partial charge in [-0.25, -0.2) is 15.0 Å². The van der Waals surface area contributed by atoms with Gasteiger partial charge in [0.25, 0.3) is 0 Å². The maximum absolute atomic E-state index is 6.05. The summed E-state index contributed by atoms with van der Waals surface area (Å²) < 4.78 is 7.33. The molecule has 1 aromatic carbocycles. The average Bonchev–Trinajstić information content (AvgIpc) is 3.13. The van der Waals surface area contributed by atoms with Gasteiger partial charge in [0, 0.05) is 29.2 Å². The third-order valence-electron chi connectivity index (χ3n) is 3.62. The minimum absolute atomic E-state index is 0.506. The molecule has 4 rings (SSSR count). The topological polar surface area (TPSA) is 91.5 Å². The maximum Gasteiger partial charge on any atom is 0.217 e. The van der Waals surface area contributed by atoms with Crippen molar-refractivity contribution in [2.24, 2.45) is 0 Å². The molecular weight excluding hydrogens is 398 g/mol. The van der Waals surface area contributed by atoms with E-state index in [1.807, 2.05) is 35.8 Å². The Kier molecular flexibility index (Phi) is 5.45. The number of hydrogen-bond donors (Lipinski definition) is 0. The van der Waals surface area contributed by atoms with Crippen molar-refractivity contribution in [1.82, 2.24) is 34.7 Å². The van der Waals surface area contributed by atoms with Crippen molar-refractivity contribution < 1.29 is 4.74 Å². The number of benzene rings is 1. The molecule has 0 N–H and O–H groups in total. The Morgan fingerprint density at radius 1 is 1.07 bits per heavy atom. The smallest absolute Gasteiger partial charge is 0.217 e. The van der Waals surface area contributed by atoms with Crippen LogP contribution in [0.15, 0.2) is 65.4 Å². The molecule has 0 saturated carbocycles. The number of hydrogen-bond acceptors (Lipinski definition) is 8. The van der Waals surface area contributed by atoms with Crippen molar-refractivity contribution in [2.75, 3.05) is 6.61 Å². The normalized spacial score (nSPS) is 10.8. The predicted octanol–water partition coefficient (Wildman–Crippen LogP) is 3.72. The quantitative estimate of drug-likeness (QED) is 0.443. The van der Waals surface area contributed by atoms with Crippen molar-refractivity contribution in [2.45, 2.75) is 17.1 Å². The zero-order valence-electron chi connectivity index (χ0n) is 14.7. The Morgan fingerprint density at radius 2 is 1.93 bits per heavy atom. The fraction of sp³-hybridized carbons (Fsp3) is 0.111. The molecule has 3 aromatic heterocycles. The van der Waals surface area contributed by atoms with Crippen LogP contribution in [0.3, 0.4) is 0 Å². The van der Waals surface area contributed by atoms with E-state index in [0.717, 1.165) is 5.69 Å². The van der Waals surface area contributed by atoms with Gasteiger partial charge in [-0.1, -0.05) is 11.6 Å². The van der Waals surface area contributed by atoms with Crippen molar-refractivity contribution in [3.05, 3.63) is 60.3 Å². The highest BCUT2D eigenvalue weighted by Crippen LogP contribution is 2.31. The van der Waals surface area contributed by atoms with Crippen LogP contribution in [0.2, 0.25) is 5.02 Å². The first-order chi connectivity index (χ1) is 13.7. The van der Waals surface area contributed by atoms with Crippen LogP contribution in [-0.2, 0) is 0 Å². The molecule has 8 nitrogen and oxygen atoms in total. The monoisotopic (exact) mass is 411 g/mol. The Labute approximate surface area is 170 Å².